The van der Waals surface area contributed by atoms with Gasteiger partial charge < -0.3 is 10.2 Å². The molecule has 4 atom stereocenters. The molecule has 1 aliphatic rings. The minimum atomic E-state index is -0.472. The van der Waals surface area contributed by atoms with Gasteiger partial charge in [0.15, 0.2) is 0 Å². The van der Waals surface area contributed by atoms with E-state index in [2.05, 4.69) is 13.8 Å². The normalized spacial score (nSPS) is 48.0. The average Bonchev–Trinajstić information content (AvgIpc) is 2.09. The largest absolute Gasteiger partial charge is 0.390 e. The Balaban J connectivity index is 2.55. The summed E-state index contributed by atoms with van der Waals surface area (Å²) in [6.45, 7) is 4.15. The number of aliphatic hydroxyl groups excluding tert-OH is 2. The molecule has 1 rings (SSSR count). The van der Waals surface area contributed by atoms with Gasteiger partial charge in [-0.25, -0.2) is 0 Å². The highest BCUT2D eigenvalue weighted by Gasteiger charge is 2.37. The summed E-state index contributed by atoms with van der Waals surface area (Å²) in [6.07, 6.45) is 0.791. The maximum absolute atomic E-state index is 9.38. The smallest absolute Gasteiger partial charge is 0.0829 e. The van der Waals surface area contributed by atoms with E-state index in [0.29, 0.717) is 11.8 Å². The minimum absolute atomic E-state index is 0.315. The van der Waals surface area contributed by atoms with E-state index in [9.17, 15) is 10.2 Å². The van der Waals surface area contributed by atoms with Gasteiger partial charge in [-0.05, 0) is 18.3 Å². The molecule has 0 aromatic heterocycles. The van der Waals surface area contributed by atoms with E-state index in [4.69, 9.17) is 0 Å². The van der Waals surface area contributed by atoms with Gasteiger partial charge in [-0.2, -0.15) is 0 Å². The Hall–Kier alpha value is -0.0800. The molecule has 1 saturated carbocycles. The molecule has 0 saturated heterocycles. The Morgan fingerprint density at radius 1 is 1.40 bits per heavy atom. The van der Waals surface area contributed by atoms with Crippen molar-refractivity contribution >= 4 is 0 Å². The molecule has 0 amide bonds. The van der Waals surface area contributed by atoms with Crippen LogP contribution in [-0.4, -0.2) is 22.4 Å². The Kier molecular flexibility index (Phi) is 2.32. The zero-order valence-corrected chi connectivity index (χ0v) is 6.62. The Morgan fingerprint density at radius 3 is 2.20 bits per heavy atom. The first kappa shape index (κ1) is 8.02. The third-order valence-electron chi connectivity index (χ3n) is 2.65. The second-order valence-corrected chi connectivity index (χ2v) is 3.34. The van der Waals surface area contributed by atoms with Gasteiger partial charge in [0.2, 0.25) is 0 Å². The topological polar surface area (TPSA) is 40.5 Å². The van der Waals surface area contributed by atoms with Crippen molar-refractivity contribution < 1.29 is 10.2 Å². The molecule has 0 aromatic carbocycles. The maximum Gasteiger partial charge on any atom is 0.0829 e. The summed E-state index contributed by atoms with van der Waals surface area (Å²) < 4.78 is 0. The molecule has 0 spiro atoms. The molecule has 10 heavy (non-hydrogen) atoms. The van der Waals surface area contributed by atoms with Crippen LogP contribution in [0.3, 0.4) is 0 Å². The molecule has 0 aliphatic heterocycles. The van der Waals surface area contributed by atoms with Crippen molar-refractivity contribution in [1.29, 1.82) is 0 Å². The summed E-state index contributed by atoms with van der Waals surface area (Å²) in [5.41, 5.74) is 0. The molecular formula is C8H16O2. The van der Waals surface area contributed by atoms with Crippen molar-refractivity contribution in [3.05, 3.63) is 0 Å². The lowest BCUT2D eigenvalue weighted by Crippen LogP contribution is -2.25. The zero-order valence-electron chi connectivity index (χ0n) is 6.62. The number of rotatable bonds is 1. The van der Waals surface area contributed by atoms with Crippen LogP contribution < -0.4 is 0 Å². The summed E-state index contributed by atoms with van der Waals surface area (Å²) in [6, 6.07) is 0. The molecule has 1 aliphatic carbocycles. The van der Waals surface area contributed by atoms with E-state index < -0.39 is 12.2 Å². The lowest BCUT2D eigenvalue weighted by atomic mass is 9.94. The van der Waals surface area contributed by atoms with Gasteiger partial charge in [0.25, 0.3) is 0 Å². The minimum Gasteiger partial charge on any atom is -0.390 e. The second kappa shape index (κ2) is 2.89. The molecule has 0 bridgehead atoms. The third kappa shape index (κ3) is 1.18. The van der Waals surface area contributed by atoms with E-state index in [0.717, 1.165) is 12.8 Å². The van der Waals surface area contributed by atoms with E-state index in [1.54, 1.807) is 0 Å². The molecule has 2 nitrogen and oxygen atoms in total. The Labute approximate surface area is 61.9 Å². The monoisotopic (exact) mass is 144 g/mol. The molecule has 0 aromatic rings. The summed E-state index contributed by atoms with van der Waals surface area (Å²) >= 11 is 0. The molecule has 2 N–H and O–H groups in total. The van der Waals surface area contributed by atoms with E-state index in [1.165, 1.54) is 0 Å². The van der Waals surface area contributed by atoms with Crippen LogP contribution in [0.4, 0.5) is 0 Å². The maximum atomic E-state index is 9.38. The highest BCUT2D eigenvalue weighted by molar-refractivity contribution is 4.87. The molecule has 2 heteroatoms. The Morgan fingerprint density at radius 2 is 2.00 bits per heavy atom. The summed E-state index contributed by atoms with van der Waals surface area (Å²) in [4.78, 5) is 0. The fraction of sp³-hybridized carbons (Fsp3) is 1.00. The van der Waals surface area contributed by atoms with Crippen LogP contribution >= 0.6 is 0 Å². The predicted octanol–water partition coefficient (Wildman–Crippen LogP) is 0.774. The van der Waals surface area contributed by atoms with Crippen LogP contribution in [0.15, 0.2) is 0 Å². The summed E-state index contributed by atoms with van der Waals surface area (Å²) in [5, 5.41) is 18.6. The molecule has 0 heterocycles. The second-order valence-electron chi connectivity index (χ2n) is 3.34. The molecule has 0 radical (unpaired) electrons. The highest BCUT2D eigenvalue weighted by atomic mass is 16.3. The lowest BCUT2D eigenvalue weighted by molar-refractivity contribution is 0.0185. The van der Waals surface area contributed by atoms with Crippen molar-refractivity contribution in [2.75, 3.05) is 0 Å². The van der Waals surface area contributed by atoms with Crippen LogP contribution in [-0.2, 0) is 0 Å². The highest BCUT2D eigenvalue weighted by Crippen LogP contribution is 2.33. The average molecular weight is 144 g/mol. The van der Waals surface area contributed by atoms with Gasteiger partial charge in [-0.15, -0.1) is 0 Å². The van der Waals surface area contributed by atoms with Gasteiger partial charge in [-0.1, -0.05) is 20.3 Å². The SMILES string of the molecule is CCC1C(C)CC(O)C1O. The number of aliphatic hydroxyl groups is 2. The fourth-order valence-corrected chi connectivity index (χ4v) is 1.96. The summed E-state index contributed by atoms with van der Waals surface area (Å²) in [5.74, 6) is 0.796. The Bertz CT molecular complexity index is 114. The standard InChI is InChI=1S/C8H16O2/c1-3-6-5(2)4-7(9)8(6)10/h5-10H,3-4H2,1-2H3. The van der Waals surface area contributed by atoms with Gasteiger partial charge in [0.05, 0.1) is 12.2 Å². The molecule has 4 unspecified atom stereocenters. The van der Waals surface area contributed by atoms with Gasteiger partial charge >= 0.3 is 0 Å². The summed E-state index contributed by atoms with van der Waals surface area (Å²) in [7, 11) is 0. The van der Waals surface area contributed by atoms with Crippen molar-refractivity contribution in [3.63, 3.8) is 0 Å². The number of hydrogen-bond donors (Lipinski definition) is 2. The quantitative estimate of drug-likeness (QED) is 0.570. The first-order valence-corrected chi connectivity index (χ1v) is 4.03. The van der Waals surface area contributed by atoms with Crippen LogP contribution in [0.5, 0.6) is 0 Å². The van der Waals surface area contributed by atoms with Crippen LogP contribution in [0.2, 0.25) is 0 Å². The van der Waals surface area contributed by atoms with Gasteiger partial charge in [0.1, 0.15) is 0 Å². The van der Waals surface area contributed by atoms with Crippen LogP contribution in [0.1, 0.15) is 26.7 Å². The third-order valence-corrected chi connectivity index (χ3v) is 2.65. The van der Waals surface area contributed by atoms with E-state index in [1.807, 2.05) is 0 Å². The van der Waals surface area contributed by atoms with Crippen molar-refractivity contribution in [1.82, 2.24) is 0 Å². The van der Waals surface area contributed by atoms with Crippen molar-refractivity contribution in [2.45, 2.75) is 38.9 Å². The van der Waals surface area contributed by atoms with Crippen molar-refractivity contribution in [2.24, 2.45) is 11.8 Å². The first-order chi connectivity index (χ1) is 4.66. The van der Waals surface area contributed by atoms with E-state index >= 15 is 0 Å². The molecule has 1 fully saturated rings. The van der Waals surface area contributed by atoms with Gasteiger partial charge in [-0.3, -0.25) is 0 Å². The van der Waals surface area contributed by atoms with Crippen LogP contribution in [0.25, 0.3) is 0 Å². The zero-order chi connectivity index (χ0) is 7.72. The number of hydrogen-bond acceptors (Lipinski definition) is 2. The fourth-order valence-electron chi connectivity index (χ4n) is 1.96. The molecule has 60 valence electrons. The van der Waals surface area contributed by atoms with Crippen molar-refractivity contribution in [3.8, 4) is 0 Å². The molecular weight excluding hydrogens is 128 g/mol. The van der Waals surface area contributed by atoms with Crippen LogP contribution in [0, 0.1) is 11.8 Å². The predicted molar refractivity (Wildman–Crippen MR) is 39.6 cm³/mol. The lowest BCUT2D eigenvalue weighted by Gasteiger charge is -2.16. The van der Waals surface area contributed by atoms with Gasteiger partial charge in [0, 0.05) is 0 Å². The van der Waals surface area contributed by atoms with E-state index in [-0.39, 0.29) is 0 Å². The first-order valence-electron chi connectivity index (χ1n) is 4.03.